The zero-order valence-corrected chi connectivity index (χ0v) is 16.0. The minimum atomic E-state index is -3.46. The van der Waals surface area contributed by atoms with E-state index in [4.69, 9.17) is 0 Å². The largest absolute Gasteiger partial charge is 0.357 e. The fourth-order valence-corrected chi connectivity index (χ4v) is 4.76. The number of hydrogen-bond donors (Lipinski definition) is 2. The van der Waals surface area contributed by atoms with E-state index in [9.17, 15) is 8.42 Å². The number of rotatable bonds is 6. The molecule has 1 aliphatic carbocycles. The summed E-state index contributed by atoms with van der Waals surface area (Å²) in [6.45, 7) is 5.72. The van der Waals surface area contributed by atoms with Crippen LogP contribution < -0.4 is 10.0 Å². The molecule has 2 fully saturated rings. The predicted molar refractivity (Wildman–Crippen MR) is 99.1 cm³/mol. The van der Waals surface area contributed by atoms with Crippen LogP contribution in [-0.4, -0.2) is 56.6 Å². The lowest BCUT2D eigenvalue weighted by molar-refractivity contribution is 0.151. The van der Waals surface area contributed by atoms with Crippen LogP contribution in [-0.2, 0) is 17.1 Å². The van der Waals surface area contributed by atoms with Crippen LogP contribution in [0, 0.1) is 5.41 Å². The first-order chi connectivity index (χ1) is 11.9. The average Bonchev–Trinajstić information content (AvgIpc) is 3.17. The molecule has 0 aromatic carbocycles. The maximum Gasteiger partial charge on any atom is 0.242 e. The number of aromatic nitrogens is 1. The molecule has 1 aromatic heterocycles. The summed E-state index contributed by atoms with van der Waals surface area (Å²) in [7, 11) is -1.65. The number of aryl methyl sites for hydroxylation is 1. The van der Waals surface area contributed by atoms with Crippen LogP contribution in [0.25, 0.3) is 0 Å². The minimum absolute atomic E-state index is 0.289. The molecule has 8 heteroatoms. The third kappa shape index (κ3) is 4.17. The number of hydrogen-bond acceptors (Lipinski definition) is 3. The van der Waals surface area contributed by atoms with E-state index in [1.54, 1.807) is 30.1 Å². The third-order valence-corrected chi connectivity index (χ3v) is 6.71. The number of likely N-dealkylation sites (tertiary alicyclic amines) is 1. The first-order valence-corrected chi connectivity index (χ1v) is 10.6. The van der Waals surface area contributed by atoms with Crippen molar-refractivity contribution in [1.29, 1.82) is 0 Å². The van der Waals surface area contributed by atoms with E-state index in [0.717, 1.165) is 25.6 Å². The number of nitrogens with zero attached hydrogens (tertiary/aromatic N) is 3. The highest BCUT2D eigenvalue weighted by Crippen LogP contribution is 2.47. The highest BCUT2D eigenvalue weighted by Gasteiger charge is 2.43. The molecular formula is C17H29N5O2S. The van der Waals surface area contributed by atoms with Gasteiger partial charge in [0.25, 0.3) is 0 Å². The molecule has 7 nitrogen and oxygen atoms in total. The van der Waals surface area contributed by atoms with Gasteiger partial charge < -0.3 is 14.8 Å². The van der Waals surface area contributed by atoms with Gasteiger partial charge in [-0.25, -0.2) is 13.1 Å². The molecule has 1 saturated heterocycles. The summed E-state index contributed by atoms with van der Waals surface area (Å²) in [5, 5.41) is 3.34. The van der Waals surface area contributed by atoms with Crippen LogP contribution in [0.5, 0.6) is 0 Å². The van der Waals surface area contributed by atoms with Crippen molar-refractivity contribution in [2.45, 2.75) is 37.5 Å². The van der Waals surface area contributed by atoms with Crippen molar-refractivity contribution < 1.29 is 8.42 Å². The number of aliphatic imine (C=N–C) groups is 1. The summed E-state index contributed by atoms with van der Waals surface area (Å²) < 4.78 is 28.8. The monoisotopic (exact) mass is 367 g/mol. The molecule has 140 valence electrons. The molecule has 2 N–H and O–H groups in total. The van der Waals surface area contributed by atoms with Gasteiger partial charge in [-0.2, -0.15) is 0 Å². The Morgan fingerprint density at radius 2 is 2.16 bits per heavy atom. The van der Waals surface area contributed by atoms with Crippen molar-refractivity contribution in [3.05, 3.63) is 18.5 Å². The molecule has 0 unspecified atom stereocenters. The second kappa shape index (κ2) is 7.37. The fourth-order valence-electron chi connectivity index (χ4n) is 3.69. The van der Waals surface area contributed by atoms with Crippen molar-refractivity contribution >= 4 is 16.0 Å². The van der Waals surface area contributed by atoms with Gasteiger partial charge in [-0.05, 0) is 37.7 Å². The molecular weight excluding hydrogens is 338 g/mol. The highest BCUT2D eigenvalue weighted by atomic mass is 32.2. The van der Waals surface area contributed by atoms with Gasteiger partial charge in [0.2, 0.25) is 10.0 Å². The summed E-state index contributed by atoms with van der Waals surface area (Å²) in [5.41, 5.74) is 0.519. The second-order valence-corrected chi connectivity index (χ2v) is 8.94. The summed E-state index contributed by atoms with van der Waals surface area (Å²) >= 11 is 0. The summed E-state index contributed by atoms with van der Waals surface area (Å²) in [5.74, 6) is 0.908. The van der Waals surface area contributed by atoms with Crippen molar-refractivity contribution in [3.8, 4) is 0 Å². The van der Waals surface area contributed by atoms with E-state index in [-0.39, 0.29) is 4.90 Å². The molecule has 1 saturated carbocycles. The van der Waals surface area contributed by atoms with Crippen molar-refractivity contribution in [3.63, 3.8) is 0 Å². The number of sulfonamides is 1. The molecule has 25 heavy (non-hydrogen) atoms. The van der Waals surface area contributed by atoms with E-state index in [2.05, 4.69) is 26.9 Å². The van der Waals surface area contributed by atoms with E-state index >= 15 is 0 Å². The maximum atomic E-state index is 12.2. The van der Waals surface area contributed by atoms with Gasteiger partial charge in [-0.15, -0.1) is 0 Å². The van der Waals surface area contributed by atoms with E-state index in [1.807, 2.05) is 0 Å². The Morgan fingerprint density at radius 1 is 1.36 bits per heavy atom. The normalized spacial score (nSPS) is 20.1. The molecule has 0 atom stereocenters. The molecule has 1 aliphatic heterocycles. The van der Waals surface area contributed by atoms with Crippen LogP contribution in [0.3, 0.4) is 0 Å². The summed E-state index contributed by atoms with van der Waals surface area (Å²) in [6, 6.07) is 1.60. The average molecular weight is 368 g/mol. The minimum Gasteiger partial charge on any atom is -0.357 e. The summed E-state index contributed by atoms with van der Waals surface area (Å²) in [4.78, 5) is 7.24. The Morgan fingerprint density at radius 3 is 2.72 bits per heavy atom. The van der Waals surface area contributed by atoms with Gasteiger partial charge in [-0.3, -0.25) is 4.99 Å². The molecule has 1 aromatic rings. The van der Waals surface area contributed by atoms with Gasteiger partial charge in [-0.1, -0.05) is 6.42 Å². The first-order valence-electron chi connectivity index (χ1n) is 9.09. The highest BCUT2D eigenvalue weighted by molar-refractivity contribution is 7.89. The molecule has 2 aliphatic rings. The van der Waals surface area contributed by atoms with Gasteiger partial charge in [0.1, 0.15) is 0 Å². The Bertz CT molecular complexity index is 721. The predicted octanol–water partition coefficient (Wildman–Crippen LogP) is 1.14. The lowest BCUT2D eigenvalue weighted by Crippen LogP contribution is -2.43. The molecule has 3 rings (SSSR count). The van der Waals surface area contributed by atoms with Crippen LogP contribution in [0.15, 0.2) is 28.3 Å². The Kier molecular flexibility index (Phi) is 5.38. The topological polar surface area (TPSA) is 78.7 Å². The van der Waals surface area contributed by atoms with Crippen LogP contribution in [0.1, 0.15) is 32.6 Å². The van der Waals surface area contributed by atoms with Gasteiger partial charge in [0, 0.05) is 45.6 Å². The van der Waals surface area contributed by atoms with E-state index in [0.29, 0.717) is 18.5 Å². The van der Waals surface area contributed by atoms with Crippen LogP contribution >= 0.6 is 0 Å². The van der Waals surface area contributed by atoms with E-state index in [1.165, 1.54) is 25.7 Å². The molecule has 0 bridgehead atoms. The zero-order valence-electron chi connectivity index (χ0n) is 15.2. The molecule has 0 radical (unpaired) electrons. The summed E-state index contributed by atoms with van der Waals surface area (Å²) in [6.07, 6.45) is 8.58. The fraction of sp³-hybridized carbons (Fsp3) is 0.706. The third-order valence-electron chi connectivity index (χ3n) is 5.27. The molecule has 0 amide bonds. The van der Waals surface area contributed by atoms with Crippen molar-refractivity contribution in [2.24, 2.45) is 17.5 Å². The zero-order chi connectivity index (χ0) is 17.9. The number of nitrogens with one attached hydrogen (secondary N) is 2. The smallest absolute Gasteiger partial charge is 0.242 e. The number of guanidine groups is 1. The Hall–Kier alpha value is -1.54. The Labute approximate surface area is 150 Å². The van der Waals surface area contributed by atoms with Gasteiger partial charge in [0.15, 0.2) is 5.96 Å². The maximum absolute atomic E-state index is 12.2. The van der Waals surface area contributed by atoms with E-state index < -0.39 is 10.0 Å². The van der Waals surface area contributed by atoms with Gasteiger partial charge >= 0.3 is 0 Å². The van der Waals surface area contributed by atoms with Gasteiger partial charge in [0.05, 0.1) is 11.4 Å². The second-order valence-electron chi connectivity index (χ2n) is 7.17. The Balaban J connectivity index is 1.53. The van der Waals surface area contributed by atoms with Crippen LogP contribution in [0.2, 0.25) is 0 Å². The van der Waals surface area contributed by atoms with Crippen LogP contribution in [0.4, 0.5) is 0 Å². The SMILES string of the molecule is CCNC(=NCCNS(=O)(=O)c1ccn(C)c1)N1CCC2(CCC2)C1. The lowest BCUT2D eigenvalue weighted by Gasteiger charge is -2.38. The lowest BCUT2D eigenvalue weighted by atomic mass is 9.68. The van der Waals surface area contributed by atoms with Crippen molar-refractivity contribution in [2.75, 3.05) is 32.7 Å². The quantitative estimate of drug-likeness (QED) is 0.449. The molecule has 1 spiro atoms. The van der Waals surface area contributed by atoms with Crippen molar-refractivity contribution in [1.82, 2.24) is 19.5 Å². The standard InChI is InChI=1S/C17H29N5O2S/c1-3-18-16(22-12-8-17(14-22)6-4-7-17)19-9-10-20-25(23,24)15-5-11-21(2)13-15/h5,11,13,20H,3-4,6-10,12,14H2,1-2H3,(H,18,19). The molecule has 2 heterocycles. The first kappa shape index (κ1) is 18.3.